The van der Waals surface area contributed by atoms with Gasteiger partial charge in [0.1, 0.15) is 5.82 Å². The Hall–Kier alpha value is -2.21. The van der Waals surface area contributed by atoms with E-state index >= 15 is 0 Å². The van der Waals surface area contributed by atoms with E-state index < -0.39 is 0 Å². The highest BCUT2D eigenvalue weighted by atomic mass is 16.1. The molecule has 0 fully saturated rings. The fourth-order valence-corrected chi connectivity index (χ4v) is 4.79. The Bertz CT molecular complexity index is 879. The molecule has 1 unspecified atom stereocenters. The summed E-state index contributed by atoms with van der Waals surface area (Å²) < 4.78 is 2.27. The van der Waals surface area contributed by atoms with Crippen LogP contribution in [-0.2, 0) is 13.0 Å². The van der Waals surface area contributed by atoms with E-state index in [4.69, 9.17) is 0 Å². The van der Waals surface area contributed by atoms with Gasteiger partial charge in [0.25, 0.3) is 5.91 Å². The fourth-order valence-electron chi connectivity index (χ4n) is 4.79. The number of amides is 1. The average Bonchev–Trinajstić information content (AvgIpc) is 3.04. The number of aromatic nitrogens is 3. The van der Waals surface area contributed by atoms with Gasteiger partial charge in [-0.3, -0.25) is 4.79 Å². The third kappa shape index (κ3) is 6.18. The first-order valence-corrected chi connectivity index (χ1v) is 12.3. The number of carbonyl (C=O) groups excluding carboxylic acids is 1. The monoisotopic (exact) mass is 439 g/mol. The number of aryl methyl sites for hydroxylation is 2. The standard InChI is InChI=1S/C26H41N5O/c1-7-21(8-2)17-30-10-9-24-28-29-25(31(24)12-11-30)23(13-18(3)4)27-26(32)22-15-19(5)14-20(6)16-22/h14-16,18,21,23H,7-13,17H2,1-6H3,(H,27,32). The number of nitrogens with zero attached hydrogens (tertiary/aromatic N) is 4. The molecule has 1 atom stereocenters. The van der Waals surface area contributed by atoms with Crippen LogP contribution in [0.5, 0.6) is 0 Å². The second-order valence-corrected chi connectivity index (χ2v) is 9.89. The van der Waals surface area contributed by atoms with Gasteiger partial charge in [0.15, 0.2) is 5.82 Å². The maximum absolute atomic E-state index is 13.1. The minimum atomic E-state index is -0.143. The van der Waals surface area contributed by atoms with Crippen molar-refractivity contribution in [1.82, 2.24) is 25.0 Å². The van der Waals surface area contributed by atoms with Gasteiger partial charge in [-0.2, -0.15) is 0 Å². The van der Waals surface area contributed by atoms with E-state index in [1.165, 1.54) is 12.8 Å². The number of fused-ring (bicyclic) bond motifs is 1. The lowest BCUT2D eigenvalue weighted by atomic mass is 10.0. The summed E-state index contributed by atoms with van der Waals surface area (Å²) in [6.07, 6.45) is 4.20. The summed E-state index contributed by atoms with van der Waals surface area (Å²) in [5, 5.41) is 12.4. The van der Waals surface area contributed by atoms with E-state index in [0.29, 0.717) is 11.5 Å². The third-order valence-electron chi connectivity index (χ3n) is 6.63. The number of carbonyl (C=O) groups is 1. The molecule has 1 aromatic carbocycles. The van der Waals surface area contributed by atoms with Crippen LogP contribution in [0.25, 0.3) is 0 Å². The number of benzene rings is 1. The molecule has 6 heteroatoms. The first-order valence-electron chi connectivity index (χ1n) is 12.3. The maximum Gasteiger partial charge on any atom is 0.251 e. The summed E-state index contributed by atoms with van der Waals surface area (Å²) in [6.45, 7) is 17.1. The minimum Gasteiger partial charge on any atom is -0.342 e. The van der Waals surface area contributed by atoms with Gasteiger partial charge in [0.05, 0.1) is 6.04 Å². The smallest absolute Gasteiger partial charge is 0.251 e. The van der Waals surface area contributed by atoms with Gasteiger partial charge in [-0.25, -0.2) is 0 Å². The molecule has 3 rings (SSSR count). The van der Waals surface area contributed by atoms with Crippen molar-refractivity contribution < 1.29 is 4.79 Å². The van der Waals surface area contributed by atoms with E-state index in [2.05, 4.69) is 58.7 Å². The van der Waals surface area contributed by atoms with Crippen molar-refractivity contribution in [2.24, 2.45) is 11.8 Å². The van der Waals surface area contributed by atoms with Crippen LogP contribution in [0.15, 0.2) is 18.2 Å². The molecule has 1 amide bonds. The number of rotatable bonds is 9. The summed E-state index contributed by atoms with van der Waals surface area (Å²) in [4.78, 5) is 15.7. The molecule has 2 aromatic rings. The summed E-state index contributed by atoms with van der Waals surface area (Å²) >= 11 is 0. The summed E-state index contributed by atoms with van der Waals surface area (Å²) in [7, 11) is 0. The molecule has 1 N–H and O–H groups in total. The highest BCUT2D eigenvalue weighted by Crippen LogP contribution is 2.24. The van der Waals surface area contributed by atoms with Crippen LogP contribution >= 0.6 is 0 Å². The molecule has 0 spiro atoms. The van der Waals surface area contributed by atoms with Gasteiger partial charge in [0, 0.05) is 38.2 Å². The second kappa shape index (κ2) is 11.1. The third-order valence-corrected chi connectivity index (χ3v) is 6.63. The molecule has 0 radical (unpaired) electrons. The largest absolute Gasteiger partial charge is 0.342 e. The van der Waals surface area contributed by atoms with Crippen LogP contribution in [0.4, 0.5) is 0 Å². The molecule has 1 aliphatic rings. The summed E-state index contributed by atoms with van der Waals surface area (Å²) in [5.41, 5.74) is 2.91. The Labute approximate surface area is 193 Å². The van der Waals surface area contributed by atoms with Crippen molar-refractivity contribution in [3.05, 3.63) is 46.5 Å². The van der Waals surface area contributed by atoms with E-state index in [0.717, 1.165) is 67.7 Å². The Balaban J connectivity index is 1.78. The molecule has 32 heavy (non-hydrogen) atoms. The SMILES string of the molecule is CCC(CC)CN1CCc2nnc(C(CC(C)C)NC(=O)c3cc(C)cc(C)c3)n2CC1. The molecular weight excluding hydrogens is 398 g/mol. The molecule has 1 aliphatic heterocycles. The van der Waals surface area contributed by atoms with Gasteiger partial charge in [-0.15, -0.1) is 10.2 Å². The molecular formula is C26H41N5O. The Morgan fingerprint density at radius 1 is 1.03 bits per heavy atom. The van der Waals surface area contributed by atoms with Gasteiger partial charge in [-0.1, -0.05) is 57.7 Å². The molecule has 1 aromatic heterocycles. The maximum atomic E-state index is 13.1. The normalized spacial score (nSPS) is 15.6. The second-order valence-electron chi connectivity index (χ2n) is 9.89. The molecule has 2 heterocycles. The predicted octanol–water partition coefficient (Wildman–Crippen LogP) is 4.71. The van der Waals surface area contributed by atoms with Crippen LogP contribution in [0.3, 0.4) is 0 Å². The average molecular weight is 440 g/mol. The summed E-state index contributed by atoms with van der Waals surface area (Å²) in [6, 6.07) is 5.85. The Morgan fingerprint density at radius 2 is 1.72 bits per heavy atom. The minimum absolute atomic E-state index is 0.0382. The molecule has 0 saturated carbocycles. The van der Waals surface area contributed by atoms with Crippen molar-refractivity contribution in [2.45, 2.75) is 79.8 Å². The van der Waals surface area contributed by atoms with Crippen molar-refractivity contribution in [3.8, 4) is 0 Å². The first kappa shape index (κ1) is 24.4. The number of hydrogen-bond donors (Lipinski definition) is 1. The zero-order chi connectivity index (χ0) is 23.3. The molecule has 6 nitrogen and oxygen atoms in total. The van der Waals surface area contributed by atoms with Crippen LogP contribution in [0, 0.1) is 25.7 Å². The van der Waals surface area contributed by atoms with E-state index in [9.17, 15) is 4.79 Å². The lowest BCUT2D eigenvalue weighted by Gasteiger charge is -2.25. The lowest BCUT2D eigenvalue weighted by molar-refractivity contribution is 0.0928. The predicted molar refractivity (Wildman–Crippen MR) is 130 cm³/mol. The van der Waals surface area contributed by atoms with Crippen LogP contribution in [0.2, 0.25) is 0 Å². The highest BCUT2D eigenvalue weighted by molar-refractivity contribution is 5.94. The van der Waals surface area contributed by atoms with Crippen molar-refractivity contribution in [2.75, 3.05) is 19.6 Å². The number of hydrogen-bond acceptors (Lipinski definition) is 4. The van der Waals surface area contributed by atoms with Crippen LogP contribution in [0.1, 0.15) is 86.1 Å². The van der Waals surface area contributed by atoms with Crippen LogP contribution < -0.4 is 5.32 Å². The molecule has 0 bridgehead atoms. The summed E-state index contributed by atoms with van der Waals surface area (Å²) in [5.74, 6) is 3.09. The van der Waals surface area contributed by atoms with Crippen LogP contribution in [-0.4, -0.2) is 45.2 Å². The van der Waals surface area contributed by atoms with Gasteiger partial charge < -0.3 is 14.8 Å². The zero-order valence-electron chi connectivity index (χ0n) is 20.8. The highest BCUT2D eigenvalue weighted by Gasteiger charge is 2.27. The van der Waals surface area contributed by atoms with Gasteiger partial charge in [0.2, 0.25) is 0 Å². The Kier molecular flexibility index (Phi) is 8.46. The topological polar surface area (TPSA) is 63.1 Å². The van der Waals surface area contributed by atoms with Crippen molar-refractivity contribution in [3.63, 3.8) is 0 Å². The molecule has 0 aliphatic carbocycles. The van der Waals surface area contributed by atoms with Gasteiger partial charge >= 0.3 is 0 Å². The number of nitrogens with one attached hydrogen (secondary N) is 1. The van der Waals surface area contributed by atoms with E-state index in [-0.39, 0.29) is 11.9 Å². The van der Waals surface area contributed by atoms with E-state index in [1.807, 2.05) is 26.0 Å². The van der Waals surface area contributed by atoms with Crippen molar-refractivity contribution in [1.29, 1.82) is 0 Å². The zero-order valence-corrected chi connectivity index (χ0v) is 20.8. The first-order chi connectivity index (χ1) is 15.3. The molecule has 0 saturated heterocycles. The van der Waals surface area contributed by atoms with Crippen molar-refractivity contribution >= 4 is 5.91 Å². The quantitative estimate of drug-likeness (QED) is 0.615. The van der Waals surface area contributed by atoms with Gasteiger partial charge in [-0.05, 0) is 44.2 Å². The molecule has 176 valence electrons. The lowest BCUT2D eigenvalue weighted by Crippen LogP contribution is -2.33. The Morgan fingerprint density at radius 3 is 2.34 bits per heavy atom. The van der Waals surface area contributed by atoms with E-state index in [1.54, 1.807) is 0 Å². The fraction of sp³-hybridized carbons (Fsp3) is 0.654.